The third-order valence-electron chi connectivity index (χ3n) is 2.85. The fourth-order valence-corrected chi connectivity index (χ4v) is 3.07. The van der Waals surface area contributed by atoms with Gasteiger partial charge in [0.15, 0.2) is 0 Å². The maximum atomic E-state index is 12.4. The van der Waals surface area contributed by atoms with E-state index in [1.54, 1.807) is 24.3 Å². The average molecular weight is 305 g/mol. The Hall–Kier alpha value is -2.34. The largest absolute Gasteiger partial charge is 0.497 e. The maximum Gasteiger partial charge on any atom is 0.221 e. The van der Waals surface area contributed by atoms with E-state index in [2.05, 4.69) is 5.32 Å². The molecular weight excluding hydrogens is 290 g/mol. The molecule has 1 amide bonds. The Balaban J connectivity index is 2.32. The smallest absolute Gasteiger partial charge is 0.221 e. The van der Waals surface area contributed by atoms with Gasteiger partial charge >= 0.3 is 0 Å². The monoisotopic (exact) mass is 305 g/mol. The molecule has 6 heteroatoms. The number of hydrogen-bond acceptors (Lipinski definition) is 4. The van der Waals surface area contributed by atoms with E-state index < -0.39 is 9.84 Å². The van der Waals surface area contributed by atoms with Crippen LogP contribution in [0.25, 0.3) is 0 Å². The second-order valence-electron chi connectivity index (χ2n) is 4.38. The lowest BCUT2D eigenvalue weighted by Gasteiger charge is -2.07. The number of amides is 1. The van der Waals surface area contributed by atoms with Crippen LogP contribution in [-0.4, -0.2) is 21.4 Å². The highest BCUT2D eigenvalue weighted by Gasteiger charge is 2.17. The third kappa shape index (κ3) is 3.41. The van der Waals surface area contributed by atoms with E-state index >= 15 is 0 Å². The number of carbonyl (C=O) groups excluding carboxylic acids is 1. The number of methoxy groups -OCH3 is 1. The van der Waals surface area contributed by atoms with Gasteiger partial charge in [-0.2, -0.15) is 0 Å². The Morgan fingerprint density at radius 3 is 1.86 bits per heavy atom. The number of anilines is 1. The molecule has 0 aliphatic rings. The van der Waals surface area contributed by atoms with Crippen LogP contribution in [0.1, 0.15) is 6.92 Å². The highest BCUT2D eigenvalue weighted by Crippen LogP contribution is 2.24. The zero-order valence-corrected chi connectivity index (χ0v) is 12.5. The van der Waals surface area contributed by atoms with Crippen molar-refractivity contribution < 1.29 is 17.9 Å². The van der Waals surface area contributed by atoms with Crippen molar-refractivity contribution in [1.29, 1.82) is 0 Å². The van der Waals surface area contributed by atoms with Gasteiger partial charge in [0, 0.05) is 12.6 Å². The molecule has 0 aliphatic heterocycles. The first-order chi connectivity index (χ1) is 9.93. The van der Waals surface area contributed by atoms with E-state index in [0.717, 1.165) is 0 Å². The number of ether oxygens (including phenoxy) is 1. The van der Waals surface area contributed by atoms with Crippen molar-refractivity contribution in [3.63, 3.8) is 0 Å². The molecule has 0 unspecified atom stereocenters. The molecule has 0 saturated heterocycles. The van der Waals surface area contributed by atoms with Gasteiger partial charge in [-0.05, 0) is 48.5 Å². The van der Waals surface area contributed by atoms with Crippen LogP contribution in [0.4, 0.5) is 5.69 Å². The summed E-state index contributed by atoms with van der Waals surface area (Å²) in [5.41, 5.74) is 0.552. The van der Waals surface area contributed by atoms with Crippen LogP contribution in [0, 0.1) is 0 Å². The molecule has 0 radical (unpaired) electrons. The van der Waals surface area contributed by atoms with Gasteiger partial charge in [0.05, 0.1) is 16.9 Å². The molecule has 110 valence electrons. The molecule has 0 heterocycles. The predicted octanol–water partition coefficient (Wildman–Crippen LogP) is 2.49. The van der Waals surface area contributed by atoms with Crippen LogP contribution >= 0.6 is 0 Å². The van der Waals surface area contributed by atoms with Crippen molar-refractivity contribution in [3.8, 4) is 5.75 Å². The number of nitrogens with one attached hydrogen (secondary N) is 1. The quantitative estimate of drug-likeness (QED) is 0.942. The van der Waals surface area contributed by atoms with Crippen molar-refractivity contribution in [3.05, 3.63) is 48.5 Å². The minimum Gasteiger partial charge on any atom is -0.497 e. The van der Waals surface area contributed by atoms with Gasteiger partial charge in [0.1, 0.15) is 5.75 Å². The number of rotatable bonds is 4. The molecule has 0 fully saturated rings. The molecule has 5 nitrogen and oxygen atoms in total. The van der Waals surface area contributed by atoms with Gasteiger partial charge in [0.25, 0.3) is 0 Å². The van der Waals surface area contributed by atoms with Crippen molar-refractivity contribution in [2.24, 2.45) is 0 Å². The normalized spacial score (nSPS) is 11.0. The molecule has 2 aromatic carbocycles. The molecule has 0 atom stereocenters. The van der Waals surface area contributed by atoms with Crippen molar-refractivity contribution in [2.45, 2.75) is 16.7 Å². The minimum atomic E-state index is -3.58. The van der Waals surface area contributed by atoms with E-state index in [9.17, 15) is 13.2 Å². The van der Waals surface area contributed by atoms with Crippen LogP contribution in [0.2, 0.25) is 0 Å². The summed E-state index contributed by atoms with van der Waals surface area (Å²) in [6.45, 7) is 1.39. The van der Waals surface area contributed by atoms with Crippen LogP contribution in [-0.2, 0) is 14.6 Å². The molecule has 0 spiro atoms. The van der Waals surface area contributed by atoms with E-state index in [1.165, 1.54) is 38.3 Å². The summed E-state index contributed by atoms with van der Waals surface area (Å²) in [7, 11) is -2.06. The number of carbonyl (C=O) groups is 1. The minimum absolute atomic E-state index is 0.168. The van der Waals surface area contributed by atoms with Gasteiger partial charge in [-0.15, -0.1) is 0 Å². The molecular formula is C15H15NO4S. The van der Waals surface area contributed by atoms with Gasteiger partial charge < -0.3 is 10.1 Å². The zero-order valence-electron chi connectivity index (χ0n) is 11.7. The van der Waals surface area contributed by atoms with E-state index in [-0.39, 0.29) is 15.7 Å². The summed E-state index contributed by atoms with van der Waals surface area (Å²) < 4.78 is 29.9. The molecule has 1 N–H and O–H groups in total. The topological polar surface area (TPSA) is 72.5 Å². The van der Waals surface area contributed by atoms with Crippen LogP contribution in [0.15, 0.2) is 58.3 Å². The highest BCUT2D eigenvalue weighted by molar-refractivity contribution is 7.91. The average Bonchev–Trinajstić information content (AvgIpc) is 2.47. The Morgan fingerprint density at radius 1 is 0.952 bits per heavy atom. The molecule has 2 rings (SSSR count). The standard InChI is InChI=1S/C15H15NO4S/c1-11(17)16-12-3-7-14(8-4-12)21(18,19)15-9-5-13(20-2)6-10-15/h3-10H,1-2H3,(H,16,17). The summed E-state index contributed by atoms with van der Waals surface area (Å²) in [5, 5.41) is 2.59. The summed E-state index contributed by atoms with van der Waals surface area (Å²) in [5.74, 6) is 0.385. The Bertz CT molecular complexity index is 734. The summed E-state index contributed by atoms with van der Waals surface area (Å²) in [4.78, 5) is 11.3. The Morgan fingerprint density at radius 2 is 1.43 bits per heavy atom. The van der Waals surface area contributed by atoms with Gasteiger partial charge in [-0.1, -0.05) is 0 Å². The Kier molecular flexibility index (Phi) is 4.28. The highest BCUT2D eigenvalue weighted by atomic mass is 32.2. The summed E-state index contributed by atoms with van der Waals surface area (Å²) in [6.07, 6.45) is 0. The lowest BCUT2D eigenvalue weighted by Crippen LogP contribution is -2.06. The van der Waals surface area contributed by atoms with Crippen molar-refractivity contribution >= 4 is 21.4 Å². The maximum absolute atomic E-state index is 12.4. The summed E-state index contributed by atoms with van der Waals surface area (Å²) in [6, 6.07) is 12.2. The van der Waals surface area contributed by atoms with E-state index in [4.69, 9.17) is 4.74 Å². The van der Waals surface area contributed by atoms with Crippen LogP contribution in [0.5, 0.6) is 5.75 Å². The van der Waals surface area contributed by atoms with Crippen molar-refractivity contribution in [2.75, 3.05) is 12.4 Å². The first-order valence-corrected chi connectivity index (χ1v) is 7.68. The molecule has 0 bridgehead atoms. The lowest BCUT2D eigenvalue weighted by molar-refractivity contribution is -0.114. The van der Waals surface area contributed by atoms with Gasteiger partial charge in [0.2, 0.25) is 15.7 Å². The zero-order chi connectivity index (χ0) is 15.5. The lowest BCUT2D eigenvalue weighted by atomic mass is 10.3. The first kappa shape index (κ1) is 15.1. The van der Waals surface area contributed by atoms with Crippen LogP contribution in [0.3, 0.4) is 0 Å². The van der Waals surface area contributed by atoms with E-state index in [1.807, 2.05) is 0 Å². The second-order valence-corrected chi connectivity index (χ2v) is 6.33. The Labute approximate surface area is 123 Å². The third-order valence-corrected chi connectivity index (χ3v) is 4.64. The van der Waals surface area contributed by atoms with Gasteiger partial charge in [-0.25, -0.2) is 8.42 Å². The molecule has 21 heavy (non-hydrogen) atoms. The van der Waals surface area contributed by atoms with E-state index in [0.29, 0.717) is 11.4 Å². The molecule has 0 aliphatic carbocycles. The summed E-state index contributed by atoms with van der Waals surface area (Å²) >= 11 is 0. The van der Waals surface area contributed by atoms with Gasteiger partial charge in [-0.3, -0.25) is 4.79 Å². The molecule has 0 aromatic heterocycles. The first-order valence-electron chi connectivity index (χ1n) is 6.20. The second kappa shape index (κ2) is 5.97. The molecule has 0 saturated carbocycles. The fraction of sp³-hybridized carbons (Fsp3) is 0.133. The van der Waals surface area contributed by atoms with Crippen molar-refractivity contribution in [1.82, 2.24) is 0 Å². The number of hydrogen-bond donors (Lipinski definition) is 1. The number of sulfone groups is 1. The predicted molar refractivity (Wildman–Crippen MR) is 79.2 cm³/mol. The SMILES string of the molecule is COc1ccc(S(=O)(=O)c2ccc(NC(C)=O)cc2)cc1. The van der Waals surface area contributed by atoms with Crippen LogP contribution < -0.4 is 10.1 Å². The fourth-order valence-electron chi connectivity index (χ4n) is 1.81. The number of benzene rings is 2. The molecule has 2 aromatic rings.